The van der Waals surface area contributed by atoms with Gasteiger partial charge in [-0.3, -0.25) is 0 Å². The molecule has 0 saturated carbocycles. The first-order valence-electron chi connectivity index (χ1n) is 6.07. The summed E-state index contributed by atoms with van der Waals surface area (Å²) in [5, 5.41) is 0. The molecule has 0 aliphatic carbocycles. The highest BCUT2D eigenvalue weighted by Gasteiger charge is 2.14. The normalized spacial score (nSPS) is 13.2. The summed E-state index contributed by atoms with van der Waals surface area (Å²) < 4.78 is 3.35. The monoisotopic (exact) mass is 327 g/mol. The first-order valence-corrected chi connectivity index (χ1v) is 7.68. The van der Waals surface area contributed by atoms with Crippen LogP contribution >= 0.6 is 27.3 Å². The van der Waals surface area contributed by atoms with Crippen LogP contribution in [0.25, 0.3) is 0 Å². The predicted molar refractivity (Wildman–Crippen MR) is 79.7 cm³/mol. The Labute approximate surface area is 120 Å². The van der Waals surface area contributed by atoms with Crippen LogP contribution in [0.1, 0.15) is 30.5 Å². The number of aromatic nitrogens is 2. The topological polar surface area (TPSA) is 43.8 Å². The van der Waals surface area contributed by atoms with Gasteiger partial charge in [0, 0.05) is 23.7 Å². The van der Waals surface area contributed by atoms with Crippen molar-refractivity contribution < 1.29 is 0 Å². The fourth-order valence-corrected chi connectivity index (χ4v) is 3.33. The first kappa shape index (κ1) is 13.8. The third-order valence-corrected chi connectivity index (χ3v) is 4.72. The van der Waals surface area contributed by atoms with Crippen LogP contribution < -0.4 is 5.73 Å². The van der Waals surface area contributed by atoms with Crippen molar-refractivity contribution >= 4 is 27.3 Å². The maximum atomic E-state index is 6.19. The number of nitrogens with two attached hydrogens (primary N) is 1. The minimum atomic E-state index is 0.0579. The SMILES string of the molecule is CC(C)C(N)c1cncn1CCc1ccc(Br)s1. The van der Waals surface area contributed by atoms with E-state index in [1.54, 1.807) is 11.3 Å². The second-order valence-corrected chi connectivity index (χ2v) is 7.29. The molecule has 0 radical (unpaired) electrons. The summed E-state index contributed by atoms with van der Waals surface area (Å²) in [5.41, 5.74) is 7.32. The molecule has 0 aliphatic heterocycles. The summed E-state index contributed by atoms with van der Waals surface area (Å²) in [4.78, 5) is 5.59. The fraction of sp³-hybridized carbons (Fsp3) is 0.462. The van der Waals surface area contributed by atoms with Crippen molar-refractivity contribution in [2.75, 3.05) is 0 Å². The molecule has 98 valence electrons. The number of thiophene rings is 1. The summed E-state index contributed by atoms with van der Waals surface area (Å²) in [6, 6.07) is 4.31. The lowest BCUT2D eigenvalue weighted by molar-refractivity contribution is 0.478. The van der Waals surface area contributed by atoms with Crippen LogP contribution in [0.2, 0.25) is 0 Å². The molecule has 2 N–H and O–H groups in total. The average Bonchev–Trinajstić information content (AvgIpc) is 2.93. The van der Waals surface area contributed by atoms with Gasteiger partial charge in [0.05, 0.1) is 15.8 Å². The highest BCUT2D eigenvalue weighted by molar-refractivity contribution is 9.11. The van der Waals surface area contributed by atoms with Crippen molar-refractivity contribution in [2.24, 2.45) is 11.7 Å². The van der Waals surface area contributed by atoms with E-state index < -0.39 is 0 Å². The largest absolute Gasteiger partial charge is 0.333 e. The quantitative estimate of drug-likeness (QED) is 0.911. The molecule has 0 aromatic carbocycles. The molecular weight excluding hydrogens is 310 g/mol. The van der Waals surface area contributed by atoms with Crippen LogP contribution in [0.5, 0.6) is 0 Å². The minimum absolute atomic E-state index is 0.0579. The molecule has 18 heavy (non-hydrogen) atoms. The zero-order chi connectivity index (χ0) is 13.1. The lowest BCUT2D eigenvalue weighted by atomic mass is 10.0. The summed E-state index contributed by atoms with van der Waals surface area (Å²) >= 11 is 5.27. The van der Waals surface area contributed by atoms with E-state index in [0.29, 0.717) is 5.92 Å². The molecule has 1 atom stereocenters. The Kier molecular flexibility index (Phi) is 4.59. The lowest BCUT2D eigenvalue weighted by Gasteiger charge is -2.17. The van der Waals surface area contributed by atoms with Gasteiger partial charge in [0.1, 0.15) is 0 Å². The van der Waals surface area contributed by atoms with Gasteiger partial charge in [-0.25, -0.2) is 4.98 Å². The summed E-state index contributed by atoms with van der Waals surface area (Å²) in [5.74, 6) is 0.427. The molecule has 0 saturated heterocycles. The fourth-order valence-electron chi connectivity index (χ4n) is 1.85. The van der Waals surface area contributed by atoms with Gasteiger partial charge in [0.15, 0.2) is 0 Å². The van der Waals surface area contributed by atoms with Crippen LogP contribution in [0.4, 0.5) is 0 Å². The van der Waals surface area contributed by atoms with Crippen LogP contribution in [0.15, 0.2) is 28.4 Å². The van der Waals surface area contributed by atoms with E-state index in [0.717, 1.165) is 18.7 Å². The number of imidazole rings is 1. The van der Waals surface area contributed by atoms with Crippen molar-refractivity contribution in [1.29, 1.82) is 0 Å². The van der Waals surface area contributed by atoms with E-state index in [1.165, 1.54) is 8.66 Å². The van der Waals surface area contributed by atoms with Gasteiger partial charge < -0.3 is 10.3 Å². The number of hydrogen-bond donors (Lipinski definition) is 1. The number of hydrogen-bond acceptors (Lipinski definition) is 3. The van der Waals surface area contributed by atoms with E-state index >= 15 is 0 Å². The van der Waals surface area contributed by atoms with E-state index in [9.17, 15) is 0 Å². The maximum Gasteiger partial charge on any atom is 0.0948 e. The van der Waals surface area contributed by atoms with Crippen LogP contribution in [-0.2, 0) is 13.0 Å². The lowest BCUT2D eigenvalue weighted by Crippen LogP contribution is -2.20. The van der Waals surface area contributed by atoms with Gasteiger partial charge in [-0.05, 0) is 40.4 Å². The minimum Gasteiger partial charge on any atom is -0.333 e. The summed E-state index contributed by atoms with van der Waals surface area (Å²) in [6.45, 7) is 5.21. The van der Waals surface area contributed by atoms with Crippen molar-refractivity contribution in [3.8, 4) is 0 Å². The molecular formula is C13H18BrN3S. The third kappa shape index (κ3) is 3.22. The molecule has 0 bridgehead atoms. The van der Waals surface area contributed by atoms with Crippen molar-refractivity contribution in [2.45, 2.75) is 32.9 Å². The Morgan fingerprint density at radius 1 is 1.44 bits per heavy atom. The second kappa shape index (κ2) is 5.99. The molecule has 2 heterocycles. The van der Waals surface area contributed by atoms with Gasteiger partial charge in [-0.1, -0.05) is 13.8 Å². The highest BCUT2D eigenvalue weighted by atomic mass is 79.9. The molecule has 2 aromatic heterocycles. The van der Waals surface area contributed by atoms with Crippen molar-refractivity contribution in [3.63, 3.8) is 0 Å². The second-order valence-electron chi connectivity index (χ2n) is 4.74. The summed E-state index contributed by atoms with van der Waals surface area (Å²) in [7, 11) is 0. The smallest absolute Gasteiger partial charge is 0.0948 e. The molecule has 3 nitrogen and oxygen atoms in total. The Hall–Kier alpha value is -0.650. The van der Waals surface area contributed by atoms with E-state index in [1.807, 2.05) is 12.5 Å². The molecule has 0 amide bonds. The molecule has 0 fully saturated rings. The summed E-state index contributed by atoms with van der Waals surface area (Å²) in [6.07, 6.45) is 4.78. The molecule has 0 aliphatic rings. The Morgan fingerprint density at radius 2 is 2.22 bits per heavy atom. The Bertz CT molecular complexity index is 504. The standard InChI is InChI=1S/C13H18BrN3S/c1-9(2)13(15)11-7-16-8-17(11)6-5-10-3-4-12(14)18-10/h3-4,7-9,13H,5-6,15H2,1-2H3. The van der Waals surface area contributed by atoms with E-state index in [-0.39, 0.29) is 6.04 Å². The van der Waals surface area contributed by atoms with Crippen LogP contribution in [-0.4, -0.2) is 9.55 Å². The molecule has 1 unspecified atom stereocenters. The van der Waals surface area contributed by atoms with Crippen molar-refractivity contribution in [3.05, 3.63) is 39.0 Å². The van der Waals surface area contributed by atoms with Gasteiger partial charge in [0.2, 0.25) is 0 Å². The maximum absolute atomic E-state index is 6.19. The average molecular weight is 328 g/mol. The molecule has 2 rings (SSSR count). The number of rotatable bonds is 5. The molecule has 2 aromatic rings. The van der Waals surface area contributed by atoms with Gasteiger partial charge in [0.25, 0.3) is 0 Å². The van der Waals surface area contributed by atoms with Gasteiger partial charge in [-0.15, -0.1) is 11.3 Å². The number of nitrogens with zero attached hydrogens (tertiary/aromatic N) is 2. The third-order valence-electron chi connectivity index (χ3n) is 3.03. The van der Waals surface area contributed by atoms with Crippen LogP contribution in [0.3, 0.4) is 0 Å². The van der Waals surface area contributed by atoms with E-state index in [2.05, 4.69) is 51.5 Å². The molecule has 5 heteroatoms. The Morgan fingerprint density at radius 3 is 2.83 bits per heavy atom. The van der Waals surface area contributed by atoms with E-state index in [4.69, 9.17) is 5.73 Å². The Balaban J connectivity index is 2.04. The van der Waals surface area contributed by atoms with Gasteiger partial charge in [-0.2, -0.15) is 0 Å². The highest BCUT2D eigenvalue weighted by Crippen LogP contribution is 2.23. The zero-order valence-electron chi connectivity index (χ0n) is 10.6. The number of aryl methyl sites for hydroxylation is 2. The predicted octanol–water partition coefficient (Wildman–Crippen LogP) is 3.61. The van der Waals surface area contributed by atoms with Crippen LogP contribution in [0, 0.1) is 5.92 Å². The number of halogens is 1. The van der Waals surface area contributed by atoms with Gasteiger partial charge >= 0.3 is 0 Å². The zero-order valence-corrected chi connectivity index (χ0v) is 13.0. The molecule has 0 spiro atoms. The first-order chi connectivity index (χ1) is 8.58. The van der Waals surface area contributed by atoms with Crippen molar-refractivity contribution in [1.82, 2.24) is 9.55 Å².